The van der Waals surface area contributed by atoms with Crippen LogP contribution in [0.3, 0.4) is 0 Å². The largest absolute Gasteiger partial charge is 0.480 e. The summed E-state index contributed by atoms with van der Waals surface area (Å²) >= 11 is 11.5. The highest BCUT2D eigenvalue weighted by Crippen LogP contribution is 2.30. The quantitative estimate of drug-likeness (QED) is 0.895. The van der Waals surface area contributed by atoms with Crippen molar-refractivity contribution >= 4 is 35.1 Å². The number of halogens is 2. The van der Waals surface area contributed by atoms with Gasteiger partial charge >= 0.3 is 5.97 Å². The van der Waals surface area contributed by atoms with Crippen molar-refractivity contribution in [2.45, 2.75) is 12.8 Å². The molecule has 0 aliphatic heterocycles. The lowest BCUT2D eigenvalue weighted by atomic mass is 10.2. The van der Waals surface area contributed by atoms with Gasteiger partial charge < -0.3 is 10.0 Å². The predicted octanol–water partition coefficient (Wildman–Crippen LogP) is 1.72. The molecule has 1 amide bonds. The summed E-state index contributed by atoms with van der Waals surface area (Å²) < 4.78 is 0. The normalized spacial score (nSPS) is 14.2. The van der Waals surface area contributed by atoms with Crippen LogP contribution in [0.5, 0.6) is 0 Å². The van der Waals surface area contributed by atoms with E-state index in [0.29, 0.717) is 12.5 Å². The fourth-order valence-electron chi connectivity index (χ4n) is 1.67. The van der Waals surface area contributed by atoms with Crippen LogP contribution in [0.4, 0.5) is 0 Å². The van der Waals surface area contributed by atoms with E-state index in [1.807, 2.05) is 0 Å². The second-order valence-electron chi connectivity index (χ2n) is 4.39. The molecule has 1 N–H and O–H groups in total. The molecular weight excluding hydrogens is 293 g/mol. The smallest absolute Gasteiger partial charge is 0.323 e. The van der Waals surface area contributed by atoms with Crippen molar-refractivity contribution < 1.29 is 14.7 Å². The fraction of sp³-hybridized carbons (Fsp3) is 0.455. The molecule has 6 nitrogen and oxygen atoms in total. The number of rotatable bonds is 5. The molecule has 1 aromatic heterocycles. The third-order valence-corrected chi connectivity index (χ3v) is 3.20. The van der Waals surface area contributed by atoms with Crippen LogP contribution in [-0.2, 0) is 4.79 Å². The lowest BCUT2D eigenvalue weighted by Gasteiger charge is -2.20. The van der Waals surface area contributed by atoms with Crippen molar-refractivity contribution in [1.82, 2.24) is 15.1 Å². The average Bonchev–Trinajstić information content (AvgIpc) is 3.14. The van der Waals surface area contributed by atoms with E-state index in [0.717, 1.165) is 12.8 Å². The SMILES string of the molecule is O=C(O)CN(CC1CC1)C(=O)c1cc(Cl)nnc1Cl. The summed E-state index contributed by atoms with van der Waals surface area (Å²) in [6.45, 7) is 0.0347. The number of nitrogens with zero attached hydrogens (tertiary/aromatic N) is 3. The summed E-state index contributed by atoms with van der Waals surface area (Å²) in [5.74, 6) is -1.19. The molecule has 1 saturated carbocycles. The highest BCUT2D eigenvalue weighted by atomic mass is 35.5. The van der Waals surface area contributed by atoms with Gasteiger partial charge in [0.05, 0.1) is 5.56 Å². The molecule has 1 aliphatic carbocycles. The Kier molecular flexibility index (Phi) is 4.21. The van der Waals surface area contributed by atoms with Gasteiger partial charge in [0.2, 0.25) is 0 Å². The van der Waals surface area contributed by atoms with E-state index in [2.05, 4.69) is 10.2 Å². The van der Waals surface area contributed by atoms with Crippen molar-refractivity contribution in [3.8, 4) is 0 Å². The Labute approximate surface area is 119 Å². The number of aromatic nitrogens is 2. The Morgan fingerprint density at radius 2 is 2.05 bits per heavy atom. The highest BCUT2D eigenvalue weighted by Gasteiger charge is 2.29. The van der Waals surface area contributed by atoms with Gasteiger partial charge in [-0.05, 0) is 24.8 Å². The molecule has 2 rings (SSSR count). The van der Waals surface area contributed by atoms with E-state index in [1.165, 1.54) is 11.0 Å². The van der Waals surface area contributed by atoms with Gasteiger partial charge in [-0.1, -0.05) is 23.2 Å². The van der Waals surface area contributed by atoms with E-state index in [9.17, 15) is 9.59 Å². The Balaban J connectivity index is 2.21. The van der Waals surface area contributed by atoms with Crippen molar-refractivity contribution in [3.05, 3.63) is 21.9 Å². The molecule has 19 heavy (non-hydrogen) atoms. The molecule has 0 radical (unpaired) electrons. The molecule has 0 bridgehead atoms. The zero-order chi connectivity index (χ0) is 14.0. The number of aliphatic carboxylic acids is 1. The number of amides is 1. The van der Waals surface area contributed by atoms with Crippen LogP contribution in [0.15, 0.2) is 6.07 Å². The van der Waals surface area contributed by atoms with Crippen LogP contribution in [-0.4, -0.2) is 45.2 Å². The van der Waals surface area contributed by atoms with Gasteiger partial charge in [-0.2, -0.15) is 0 Å². The molecule has 0 unspecified atom stereocenters. The monoisotopic (exact) mass is 303 g/mol. The second kappa shape index (κ2) is 5.71. The maximum Gasteiger partial charge on any atom is 0.323 e. The molecule has 1 fully saturated rings. The Hall–Kier alpha value is -1.40. The molecule has 0 spiro atoms. The molecule has 0 saturated heterocycles. The molecule has 8 heteroatoms. The minimum atomic E-state index is -1.07. The van der Waals surface area contributed by atoms with Crippen LogP contribution >= 0.6 is 23.2 Å². The number of carboxylic acids is 1. The van der Waals surface area contributed by atoms with Crippen molar-refractivity contribution in [2.24, 2.45) is 5.92 Å². The van der Waals surface area contributed by atoms with Gasteiger partial charge in [-0.15, -0.1) is 10.2 Å². The minimum absolute atomic E-state index is 0.0365. The average molecular weight is 304 g/mol. The lowest BCUT2D eigenvalue weighted by molar-refractivity contribution is -0.137. The summed E-state index contributed by atoms with van der Waals surface area (Å²) in [4.78, 5) is 24.3. The maximum atomic E-state index is 12.3. The van der Waals surface area contributed by atoms with E-state index in [4.69, 9.17) is 28.3 Å². The zero-order valence-electron chi connectivity index (χ0n) is 9.84. The first kappa shape index (κ1) is 14.0. The topological polar surface area (TPSA) is 83.4 Å². The van der Waals surface area contributed by atoms with Gasteiger partial charge in [0.1, 0.15) is 6.54 Å². The summed E-state index contributed by atoms with van der Waals surface area (Å²) in [5.41, 5.74) is 0.0727. The van der Waals surface area contributed by atoms with E-state index >= 15 is 0 Å². The zero-order valence-corrected chi connectivity index (χ0v) is 11.4. The lowest BCUT2D eigenvalue weighted by Crippen LogP contribution is -2.37. The third kappa shape index (κ3) is 3.78. The van der Waals surface area contributed by atoms with Crippen molar-refractivity contribution in [3.63, 3.8) is 0 Å². The fourth-order valence-corrected chi connectivity index (χ4v) is 1.99. The number of carbonyl (C=O) groups is 2. The van der Waals surface area contributed by atoms with Crippen LogP contribution in [0.25, 0.3) is 0 Å². The van der Waals surface area contributed by atoms with Crippen molar-refractivity contribution in [1.29, 1.82) is 0 Å². The highest BCUT2D eigenvalue weighted by molar-refractivity contribution is 6.34. The molecule has 0 aromatic carbocycles. The number of hydrogen-bond donors (Lipinski definition) is 1. The van der Waals surface area contributed by atoms with Gasteiger partial charge in [0.15, 0.2) is 10.3 Å². The van der Waals surface area contributed by atoms with E-state index in [-0.39, 0.29) is 22.4 Å². The van der Waals surface area contributed by atoms with Gasteiger partial charge in [-0.3, -0.25) is 9.59 Å². The first-order chi connectivity index (χ1) is 8.97. The van der Waals surface area contributed by atoms with Gasteiger partial charge in [0, 0.05) is 6.54 Å². The number of hydrogen-bond acceptors (Lipinski definition) is 4. The van der Waals surface area contributed by atoms with Crippen LogP contribution < -0.4 is 0 Å². The number of carboxylic acid groups (broad SMARTS) is 1. The van der Waals surface area contributed by atoms with Crippen molar-refractivity contribution in [2.75, 3.05) is 13.1 Å². The molecule has 1 heterocycles. The van der Waals surface area contributed by atoms with E-state index in [1.54, 1.807) is 0 Å². The molecule has 1 aliphatic rings. The molecule has 102 valence electrons. The van der Waals surface area contributed by atoms with Gasteiger partial charge in [-0.25, -0.2) is 0 Å². The standard InChI is InChI=1S/C11H11Cl2N3O3/c12-8-3-7(10(13)15-14-8)11(19)16(5-9(17)18)4-6-1-2-6/h3,6H,1-2,4-5H2,(H,17,18). The second-order valence-corrected chi connectivity index (χ2v) is 5.14. The van der Waals surface area contributed by atoms with E-state index < -0.39 is 11.9 Å². The molecular formula is C11H11Cl2N3O3. The Morgan fingerprint density at radius 3 is 2.63 bits per heavy atom. The summed E-state index contributed by atoms with van der Waals surface area (Å²) in [6, 6.07) is 1.29. The first-order valence-electron chi connectivity index (χ1n) is 5.67. The van der Waals surface area contributed by atoms with Crippen LogP contribution in [0.1, 0.15) is 23.2 Å². The predicted molar refractivity (Wildman–Crippen MR) is 68.3 cm³/mol. The Morgan fingerprint density at radius 1 is 1.37 bits per heavy atom. The summed E-state index contributed by atoms with van der Waals surface area (Å²) in [6.07, 6.45) is 2.01. The minimum Gasteiger partial charge on any atom is -0.480 e. The third-order valence-electron chi connectivity index (χ3n) is 2.74. The molecule has 0 atom stereocenters. The van der Waals surface area contributed by atoms with Crippen LogP contribution in [0.2, 0.25) is 10.3 Å². The van der Waals surface area contributed by atoms with Gasteiger partial charge in [0.25, 0.3) is 5.91 Å². The van der Waals surface area contributed by atoms with Crippen LogP contribution in [0, 0.1) is 5.92 Å². The maximum absolute atomic E-state index is 12.3. The Bertz CT molecular complexity index is 520. The summed E-state index contributed by atoms with van der Waals surface area (Å²) in [5, 5.41) is 15.9. The molecule has 1 aromatic rings. The first-order valence-corrected chi connectivity index (χ1v) is 6.42. The summed E-state index contributed by atoms with van der Waals surface area (Å²) in [7, 11) is 0. The number of carbonyl (C=O) groups excluding carboxylic acids is 1.